The zero-order chi connectivity index (χ0) is 22.6. The van der Waals surface area contributed by atoms with Gasteiger partial charge in [0.1, 0.15) is 12.3 Å². The number of nitrogens with one attached hydrogen (secondary N) is 1. The van der Waals surface area contributed by atoms with Gasteiger partial charge >= 0.3 is 0 Å². The number of aryl methyl sites for hydroxylation is 3. The minimum Gasteiger partial charge on any atom is -0.497 e. The van der Waals surface area contributed by atoms with Gasteiger partial charge in [-0.2, -0.15) is 0 Å². The topological polar surface area (TPSA) is 75.7 Å². The largest absolute Gasteiger partial charge is 0.497 e. The molecule has 0 aliphatic carbocycles. The fraction of sp³-hybridized carbons (Fsp3) is 0.208. The van der Waals surface area contributed by atoms with E-state index in [4.69, 9.17) is 4.74 Å². The minimum absolute atomic E-state index is 0.0767. The van der Waals surface area contributed by atoms with Gasteiger partial charge in [0.25, 0.3) is 10.0 Å². The van der Waals surface area contributed by atoms with Crippen LogP contribution in [0.25, 0.3) is 0 Å². The van der Waals surface area contributed by atoms with Gasteiger partial charge in [0.05, 0.1) is 17.7 Å². The summed E-state index contributed by atoms with van der Waals surface area (Å²) in [5.74, 6) is 0.120. The van der Waals surface area contributed by atoms with Crippen molar-refractivity contribution < 1.29 is 17.9 Å². The van der Waals surface area contributed by atoms with Crippen LogP contribution in [0.2, 0.25) is 0 Å². The molecule has 1 N–H and O–H groups in total. The summed E-state index contributed by atoms with van der Waals surface area (Å²) in [7, 11) is -2.46. The molecule has 31 heavy (non-hydrogen) atoms. The molecule has 0 saturated heterocycles. The second-order valence-electron chi connectivity index (χ2n) is 7.37. The highest BCUT2D eigenvalue weighted by Crippen LogP contribution is 2.26. The average molecular weight is 439 g/mol. The van der Waals surface area contributed by atoms with Crippen LogP contribution in [0, 0.1) is 20.8 Å². The molecule has 1 amide bonds. The van der Waals surface area contributed by atoms with Crippen LogP contribution in [-0.2, 0) is 14.8 Å². The molecule has 0 aromatic heterocycles. The van der Waals surface area contributed by atoms with Crippen molar-refractivity contribution in [2.45, 2.75) is 25.7 Å². The van der Waals surface area contributed by atoms with Crippen LogP contribution in [0.5, 0.6) is 5.75 Å². The van der Waals surface area contributed by atoms with Crippen molar-refractivity contribution in [3.8, 4) is 5.75 Å². The van der Waals surface area contributed by atoms with Gasteiger partial charge in [-0.25, -0.2) is 8.42 Å². The summed E-state index contributed by atoms with van der Waals surface area (Å²) in [6.07, 6.45) is 0. The van der Waals surface area contributed by atoms with E-state index in [9.17, 15) is 13.2 Å². The SMILES string of the molecule is COc1ccc(S(=O)(=O)N(CC(=O)Nc2ccc(C)c(C)c2)c2ccc(C)cc2)cc1. The predicted octanol–water partition coefficient (Wildman–Crippen LogP) is 4.45. The van der Waals surface area contributed by atoms with Gasteiger partial charge in [-0.3, -0.25) is 9.10 Å². The molecule has 0 aliphatic heterocycles. The van der Waals surface area contributed by atoms with Gasteiger partial charge < -0.3 is 10.1 Å². The molecular formula is C24H26N2O4S. The van der Waals surface area contributed by atoms with E-state index in [0.717, 1.165) is 21.0 Å². The number of hydrogen-bond acceptors (Lipinski definition) is 4. The molecule has 7 heteroatoms. The number of sulfonamides is 1. The Labute approximate surface area is 183 Å². The number of ether oxygens (including phenoxy) is 1. The number of rotatable bonds is 7. The Morgan fingerprint density at radius 2 is 1.55 bits per heavy atom. The molecule has 3 rings (SSSR count). The molecule has 0 saturated carbocycles. The molecule has 6 nitrogen and oxygen atoms in total. The summed E-state index contributed by atoms with van der Waals surface area (Å²) < 4.78 is 33.1. The zero-order valence-corrected chi connectivity index (χ0v) is 18.9. The normalized spacial score (nSPS) is 11.1. The Balaban J connectivity index is 1.92. The number of carbonyl (C=O) groups excluding carboxylic acids is 1. The van der Waals surface area contributed by atoms with Gasteiger partial charge in [-0.1, -0.05) is 23.8 Å². The maximum atomic E-state index is 13.4. The molecule has 0 fully saturated rings. The van der Waals surface area contributed by atoms with Crippen LogP contribution >= 0.6 is 0 Å². The lowest BCUT2D eigenvalue weighted by atomic mass is 10.1. The average Bonchev–Trinajstić information content (AvgIpc) is 2.75. The molecule has 0 radical (unpaired) electrons. The third-order valence-corrected chi connectivity index (χ3v) is 6.84. The van der Waals surface area contributed by atoms with E-state index in [-0.39, 0.29) is 11.4 Å². The smallest absolute Gasteiger partial charge is 0.264 e. The molecule has 0 aliphatic rings. The lowest BCUT2D eigenvalue weighted by Crippen LogP contribution is -2.38. The molecule has 0 bridgehead atoms. The van der Waals surface area contributed by atoms with Gasteiger partial charge in [0, 0.05) is 5.69 Å². The third kappa shape index (κ3) is 5.24. The summed E-state index contributed by atoms with van der Waals surface area (Å²) in [6.45, 7) is 5.50. The molecule has 0 unspecified atom stereocenters. The van der Waals surface area contributed by atoms with Crippen LogP contribution in [0.1, 0.15) is 16.7 Å². The van der Waals surface area contributed by atoms with Gasteiger partial charge in [-0.15, -0.1) is 0 Å². The number of nitrogens with zero attached hydrogens (tertiary/aromatic N) is 1. The highest BCUT2D eigenvalue weighted by atomic mass is 32.2. The first-order valence-electron chi connectivity index (χ1n) is 9.81. The number of benzene rings is 3. The monoisotopic (exact) mass is 438 g/mol. The summed E-state index contributed by atoms with van der Waals surface area (Å²) >= 11 is 0. The van der Waals surface area contributed by atoms with E-state index in [2.05, 4.69) is 5.32 Å². The highest BCUT2D eigenvalue weighted by molar-refractivity contribution is 7.92. The molecular weight excluding hydrogens is 412 g/mol. The first-order chi connectivity index (χ1) is 14.7. The third-order valence-electron chi connectivity index (χ3n) is 5.05. The van der Waals surface area contributed by atoms with Crippen molar-refractivity contribution in [3.63, 3.8) is 0 Å². The second kappa shape index (κ2) is 9.22. The van der Waals surface area contributed by atoms with Gasteiger partial charge in [0.15, 0.2) is 0 Å². The molecule has 0 heterocycles. The molecule has 3 aromatic carbocycles. The maximum absolute atomic E-state index is 13.4. The first kappa shape index (κ1) is 22.4. The van der Waals surface area contributed by atoms with E-state index in [1.54, 1.807) is 30.3 Å². The first-order valence-corrected chi connectivity index (χ1v) is 11.3. The fourth-order valence-corrected chi connectivity index (χ4v) is 4.47. The lowest BCUT2D eigenvalue weighted by Gasteiger charge is -2.24. The summed E-state index contributed by atoms with van der Waals surface area (Å²) in [6, 6.07) is 18.7. The molecule has 0 atom stereocenters. The highest BCUT2D eigenvalue weighted by Gasteiger charge is 2.27. The van der Waals surface area contributed by atoms with Gasteiger partial charge in [-0.05, 0) is 80.4 Å². The van der Waals surface area contributed by atoms with E-state index in [0.29, 0.717) is 17.1 Å². The number of hydrogen-bond donors (Lipinski definition) is 1. The van der Waals surface area contributed by atoms with Crippen molar-refractivity contribution >= 4 is 27.3 Å². The number of methoxy groups -OCH3 is 1. The minimum atomic E-state index is -3.98. The van der Waals surface area contributed by atoms with E-state index in [1.807, 2.05) is 45.0 Å². The van der Waals surface area contributed by atoms with E-state index >= 15 is 0 Å². The van der Waals surface area contributed by atoms with Crippen molar-refractivity contribution in [2.75, 3.05) is 23.3 Å². The maximum Gasteiger partial charge on any atom is 0.264 e. The van der Waals surface area contributed by atoms with Crippen LogP contribution in [0.4, 0.5) is 11.4 Å². The zero-order valence-electron chi connectivity index (χ0n) is 18.0. The number of anilines is 2. The van der Waals surface area contributed by atoms with E-state index < -0.39 is 15.9 Å². The Bertz CT molecular complexity index is 1170. The van der Waals surface area contributed by atoms with Crippen molar-refractivity contribution in [1.82, 2.24) is 0 Å². The van der Waals surface area contributed by atoms with Crippen molar-refractivity contribution in [2.24, 2.45) is 0 Å². The van der Waals surface area contributed by atoms with Crippen molar-refractivity contribution in [1.29, 1.82) is 0 Å². The number of carbonyl (C=O) groups is 1. The Morgan fingerprint density at radius 3 is 2.13 bits per heavy atom. The second-order valence-corrected chi connectivity index (χ2v) is 9.23. The van der Waals surface area contributed by atoms with Crippen LogP contribution in [0.15, 0.2) is 71.6 Å². The summed E-state index contributed by atoms with van der Waals surface area (Å²) in [4.78, 5) is 12.9. The summed E-state index contributed by atoms with van der Waals surface area (Å²) in [5.41, 5.74) is 4.18. The Morgan fingerprint density at radius 1 is 0.903 bits per heavy atom. The van der Waals surface area contributed by atoms with Crippen LogP contribution in [0.3, 0.4) is 0 Å². The Hall–Kier alpha value is -3.32. The van der Waals surface area contributed by atoms with Gasteiger partial charge in [0.2, 0.25) is 5.91 Å². The predicted molar refractivity (Wildman–Crippen MR) is 123 cm³/mol. The lowest BCUT2D eigenvalue weighted by molar-refractivity contribution is -0.114. The Kier molecular flexibility index (Phi) is 6.65. The number of amides is 1. The van der Waals surface area contributed by atoms with Crippen molar-refractivity contribution in [3.05, 3.63) is 83.4 Å². The summed E-state index contributed by atoms with van der Waals surface area (Å²) in [5, 5.41) is 2.80. The van der Waals surface area contributed by atoms with Crippen LogP contribution < -0.4 is 14.4 Å². The molecule has 3 aromatic rings. The molecule has 0 spiro atoms. The fourth-order valence-electron chi connectivity index (χ4n) is 3.05. The quantitative estimate of drug-likeness (QED) is 0.591. The van der Waals surface area contributed by atoms with Crippen LogP contribution in [-0.4, -0.2) is 28.0 Å². The van der Waals surface area contributed by atoms with E-state index in [1.165, 1.54) is 19.2 Å². The standard InChI is InChI=1S/C24H26N2O4S/c1-17-5-9-21(10-6-17)26(31(28,29)23-13-11-22(30-4)12-14-23)16-24(27)25-20-8-7-18(2)19(3)15-20/h5-15H,16H2,1-4H3,(H,25,27). The molecule has 162 valence electrons.